The summed E-state index contributed by atoms with van der Waals surface area (Å²) in [4.78, 5) is 11.2. The predicted molar refractivity (Wildman–Crippen MR) is 63.4 cm³/mol. The Balaban J connectivity index is 2.49. The van der Waals surface area contributed by atoms with Crippen molar-refractivity contribution >= 4 is 22.6 Å². The van der Waals surface area contributed by atoms with Gasteiger partial charge in [-0.25, -0.2) is 4.79 Å². The average Bonchev–Trinajstić information content (AvgIpc) is 2.25. The molecule has 0 atom stereocenters. The van der Waals surface area contributed by atoms with E-state index >= 15 is 0 Å². The van der Waals surface area contributed by atoms with Crippen LogP contribution in [0.2, 0.25) is 0 Å². The van der Waals surface area contributed by atoms with Gasteiger partial charge in [-0.15, -0.1) is 11.6 Å². The summed E-state index contributed by atoms with van der Waals surface area (Å²) in [6.07, 6.45) is 0. The highest BCUT2D eigenvalue weighted by Crippen LogP contribution is 2.22. The molecule has 0 saturated heterocycles. The summed E-state index contributed by atoms with van der Waals surface area (Å²) in [6, 6.07) is 6.89. The van der Waals surface area contributed by atoms with Gasteiger partial charge in [-0.05, 0) is 24.6 Å². The maximum absolute atomic E-state index is 11.2. The number of alkyl halides is 1. The van der Waals surface area contributed by atoms with Gasteiger partial charge in [0.05, 0.1) is 5.88 Å². The molecule has 1 aromatic carbocycles. The van der Waals surface area contributed by atoms with Crippen LogP contribution >= 0.6 is 11.6 Å². The molecule has 0 amide bonds. The molecule has 0 N–H and O–H groups in total. The molecule has 1 heterocycles. The van der Waals surface area contributed by atoms with E-state index in [1.54, 1.807) is 6.07 Å². The monoisotopic (exact) mass is 238 g/mol. The van der Waals surface area contributed by atoms with Gasteiger partial charge in [0.2, 0.25) is 0 Å². The quantitative estimate of drug-likeness (QED) is 0.610. The molecular weight excluding hydrogens is 228 g/mol. The van der Waals surface area contributed by atoms with E-state index in [1.165, 1.54) is 6.07 Å². The fourth-order valence-electron chi connectivity index (χ4n) is 1.55. The second kappa shape index (κ2) is 4.58. The van der Waals surface area contributed by atoms with Gasteiger partial charge in [-0.1, -0.05) is 0 Å². The number of hydrogen-bond acceptors (Lipinski definition) is 3. The maximum atomic E-state index is 11.2. The van der Waals surface area contributed by atoms with E-state index in [9.17, 15) is 4.79 Å². The minimum atomic E-state index is -0.348. The zero-order valence-corrected chi connectivity index (χ0v) is 9.58. The number of hydrogen-bond donors (Lipinski definition) is 0. The summed E-state index contributed by atoms with van der Waals surface area (Å²) < 4.78 is 10.4. The lowest BCUT2D eigenvalue weighted by Crippen LogP contribution is -2.00. The highest BCUT2D eigenvalue weighted by atomic mass is 35.5. The number of ether oxygens (including phenoxy) is 1. The van der Waals surface area contributed by atoms with E-state index in [2.05, 4.69) is 0 Å². The Morgan fingerprint density at radius 2 is 2.19 bits per heavy atom. The van der Waals surface area contributed by atoms with Gasteiger partial charge in [0.1, 0.15) is 17.9 Å². The molecule has 1 aromatic heterocycles. The van der Waals surface area contributed by atoms with Crippen molar-refractivity contribution in [3.8, 4) is 5.75 Å². The first-order valence-electron chi connectivity index (χ1n) is 4.94. The number of benzene rings is 1. The van der Waals surface area contributed by atoms with Gasteiger partial charge in [-0.2, -0.15) is 0 Å². The molecule has 4 heteroatoms. The Kier molecular flexibility index (Phi) is 3.15. The average molecular weight is 239 g/mol. The van der Waals surface area contributed by atoms with Crippen molar-refractivity contribution < 1.29 is 9.15 Å². The predicted octanol–water partition coefficient (Wildman–Crippen LogP) is 2.72. The fourth-order valence-corrected chi connectivity index (χ4v) is 1.63. The van der Waals surface area contributed by atoms with Crippen molar-refractivity contribution in [2.75, 3.05) is 12.5 Å². The van der Waals surface area contributed by atoms with Crippen molar-refractivity contribution in [3.63, 3.8) is 0 Å². The molecule has 0 aliphatic rings. The van der Waals surface area contributed by atoms with Gasteiger partial charge in [-0.3, -0.25) is 0 Å². The van der Waals surface area contributed by atoms with Crippen molar-refractivity contribution in [2.24, 2.45) is 0 Å². The molecule has 0 aliphatic carbocycles. The van der Waals surface area contributed by atoms with Crippen LogP contribution in [0.3, 0.4) is 0 Å². The molecule has 0 bridgehead atoms. The first-order chi connectivity index (χ1) is 7.70. The second-order valence-corrected chi connectivity index (χ2v) is 3.82. The van der Waals surface area contributed by atoms with Crippen molar-refractivity contribution in [3.05, 3.63) is 40.2 Å². The third-order valence-corrected chi connectivity index (χ3v) is 2.42. The highest BCUT2D eigenvalue weighted by Gasteiger charge is 2.03. The van der Waals surface area contributed by atoms with Crippen LogP contribution in [0.1, 0.15) is 5.56 Å². The molecule has 0 fully saturated rings. The van der Waals surface area contributed by atoms with Gasteiger partial charge in [0.15, 0.2) is 0 Å². The van der Waals surface area contributed by atoms with Gasteiger partial charge >= 0.3 is 5.63 Å². The SMILES string of the molecule is Cc1cc(=O)oc2cc(OCCCl)ccc12. The van der Waals surface area contributed by atoms with E-state index in [0.717, 1.165) is 10.9 Å². The van der Waals surface area contributed by atoms with Crippen molar-refractivity contribution in [1.29, 1.82) is 0 Å². The Hall–Kier alpha value is -1.48. The number of aryl methyl sites for hydroxylation is 1. The van der Waals surface area contributed by atoms with E-state index < -0.39 is 0 Å². The van der Waals surface area contributed by atoms with Crippen LogP contribution in [0.25, 0.3) is 11.0 Å². The lowest BCUT2D eigenvalue weighted by molar-refractivity contribution is 0.342. The van der Waals surface area contributed by atoms with Crippen LogP contribution in [0, 0.1) is 6.92 Å². The Bertz CT molecular complexity index is 560. The zero-order valence-electron chi connectivity index (χ0n) is 8.83. The van der Waals surface area contributed by atoms with Crippen LogP contribution < -0.4 is 10.4 Å². The Labute approximate surface area is 97.6 Å². The fraction of sp³-hybridized carbons (Fsp3) is 0.250. The maximum Gasteiger partial charge on any atom is 0.336 e. The van der Waals surface area contributed by atoms with E-state index in [-0.39, 0.29) is 5.63 Å². The van der Waals surface area contributed by atoms with Crippen LogP contribution in [0.5, 0.6) is 5.75 Å². The third-order valence-electron chi connectivity index (χ3n) is 2.27. The largest absolute Gasteiger partial charge is 0.492 e. The lowest BCUT2D eigenvalue weighted by atomic mass is 10.1. The summed E-state index contributed by atoms with van der Waals surface area (Å²) in [6.45, 7) is 2.31. The van der Waals surface area contributed by atoms with E-state index in [0.29, 0.717) is 23.8 Å². The molecule has 0 radical (unpaired) electrons. The van der Waals surface area contributed by atoms with Gasteiger partial charge in [0, 0.05) is 17.5 Å². The minimum absolute atomic E-state index is 0.348. The molecule has 16 heavy (non-hydrogen) atoms. The smallest absolute Gasteiger partial charge is 0.336 e. The zero-order chi connectivity index (χ0) is 11.5. The topological polar surface area (TPSA) is 39.4 Å². The summed E-state index contributed by atoms with van der Waals surface area (Å²) >= 11 is 5.52. The number of halogens is 1. The van der Waals surface area contributed by atoms with E-state index in [4.69, 9.17) is 20.8 Å². The van der Waals surface area contributed by atoms with Crippen LogP contribution in [-0.2, 0) is 0 Å². The van der Waals surface area contributed by atoms with Crippen molar-refractivity contribution in [2.45, 2.75) is 6.92 Å². The number of rotatable bonds is 3. The van der Waals surface area contributed by atoms with Crippen molar-refractivity contribution in [1.82, 2.24) is 0 Å². The molecule has 0 aliphatic heterocycles. The molecule has 84 valence electrons. The van der Waals surface area contributed by atoms with Crippen LogP contribution in [0.15, 0.2) is 33.5 Å². The summed E-state index contributed by atoms with van der Waals surface area (Å²) in [5, 5.41) is 0.915. The lowest BCUT2D eigenvalue weighted by Gasteiger charge is -2.05. The van der Waals surface area contributed by atoms with Gasteiger partial charge < -0.3 is 9.15 Å². The molecule has 2 rings (SSSR count). The molecule has 3 nitrogen and oxygen atoms in total. The first-order valence-corrected chi connectivity index (χ1v) is 5.47. The number of fused-ring (bicyclic) bond motifs is 1. The highest BCUT2D eigenvalue weighted by molar-refractivity contribution is 6.18. The summed E-state index contributed by atoms with van der Waals surface area (Å²) in [5.41, 5.74) is 1.09. The third kappa shape index (κ3) is 2.19. The summed E-state index contributed by atoms with van der Waals surface area (Å²) in [7, 11) is 0. The molecule has 0 saturated carbocycles. The second-order valence-electron chi connectivity index (χ2n) is 3.44. The Morgan fingerprint density at radius 3 is 2.94 bits per heavy atom. The molecule has 0 spiro atoms. The van der Waals surface area contributed by atoms with Crippen LogP contribution in [-0.4, -0.2) is 12.5 Å². The van der Waals surface area contributed by atoms with E-state index in [1.807, 2.05) is 19.1 Å². The van der Waals surface area contributed by atoms with Crippen LogP contribution in [0.4, 0.5) is 0 Å². The molecule has 2 aromatic rings. The molecular formula is C12H11ClO3. The summed E-state index contributed by atoms with van der Waals surface area (Å²) in [5.74, 6) is 1.08. The normalized spacial score (nSPS) is 10.6. The molecule has 0 unspecified atom stereocenters. The standard InChI is InChI=1S/C12H11ClO3/c1-8-6-12(14)16-11-7-9(15-5-4-13)2-3-10(8)11/h2-3,6-7H,4-5H2,1H3. The van der Waals surface area contributed by atoms with Gasteiger partial charge in [0.25, 0.3) is 0 Å². The first kappa shape index (κ1) is 11.0. The Morgan fingerprint density at radius 1 is 1.38 bits per heavy atom. The minimum Gasteiger partial charge on any atom is -0.492 e.